The lowest BCUT2D eigenvalue weighted by Crippen LogP contribution is -2.14. The second kappa shape index (κ2) is 6.83. The Hall–Kier alpha value is -3.21. The molecular formula is C22H21N3O2. The molecule has 3 aromatic rings. The highest BCUT2D eigenvalue weighted by Gasteiger charge is 2.33. The van der Waals surface area contributed by atoms with E-state index in [2.05, 4.69) is 10.4 Å². The Balaban J connectivity index is 1.68. The monoisotopic (exact) mass is 359 g/mol. The van der Waals surface area contributed by atoms with Crippen LogP contribution in [0.4, 0.5) is 5.69 Å². The molecule has 1 aromatic heterocycles. The quantitative estimate of drug-likeness (QED) is 0.682. The van der Waals surface area contributed by atoms with Crippen molar-refractivity contribution in [1.29, 1.82) is 0 Å². The van der Waals surface area contributed by atoms with E-state index in [-0.39, 0.29) is 11.7 Å². The second-order valence-electron chi connectivity index (χ2n) is 7.01. The van der Waals surface area contributed by atoms with Crippen LogP contribution in [-0.2, 0) is 0 Å². The minimum Gasteiger partial charge on any atom is -0.322 e. The molecule has 0 aliphatic heterocycles. The van der Waals surface area contributed by atoms with E-state index in [0.29, 0.717) is 22.7 Å². The first-order chi connectivity index (χ1) is 13.0. The molecule has 2 aromatic carbocycles. The third kappa shape index (κ3) is 3.40. The van der Waals surface area contributed by atoms with Gasteiger partial charge < -0.3 is 5.32 Å². The highest BCUT2D eigenvalue weighted by atomic mass is 16.1. The number of hydrogen-bond donors (Lipinski definition) is 1. The summed E-state index contributed by atoms with van der Waals surface area (Å²) in [5.41, 5.74) is 4.85. The molecule has 5 heteroatoms. The molecule has 1 N–H and O–H groups in total. The van der Waals surface area contributed by atoms with Gasteiger partial charge in [0.2, 0.25) is 0 Å². The molecule has 1 saturated carbocycles. The Labute approximate surface area is 158 Å². The number of Topliss-reactive ketones (excluding diaryl/α,β-unsaturated/α-hetero) is 1. The van der Waals surface area contributed by atoms with Gasteiger partial charge in [-0.1, -0.05) is 30.3 Å². The third-order valence-corrected chi connectivity index (χ3v) is 4.89. The number of aryl methyl sites for hydroxylation is 1. The minimum atomic E-state index is -0.197. The van der Waals surface area contributed by atoms with Gasteiger partial charge in [0.25, 0.3) is 5.91 Å². The van der Waals surface area contributed by atoms with E-state index in [9.17, 15) is 9.59 Å². The van der Waals surface area contributed by atoms with Crippen molar-refractivity contribution in [3.8, 4) is 5.69 Å². The summed E-state index contributed by atoms with van der Waals surface area (Å²) in [6, 6.07) is 15.0. The van der Waals surface area contributed by atoms with Gasteiger partial charge in [-0.25, -0.2) is 4.68 Å². The van der Waals surface area contributed by atoms with Crippen LogP contribution >= 0.6 is 0 Å². The van der Waals surface area contributed by atoms with Crippen LogP contribution in [0.5, 0.6) is 0 Å². The molecule has 1 aliphatic carbocycles. The maximum absolute atomic E-state index is 12.9. The van der Waals surface area contributed by atoms with Crippen molar-refractivity contribution in [3.05, 3.63) is 77.1 Å². The zero-order valence-corrected chi connectivity index (χ0v) is 15.4. The Morgan fingerprint density at radius 2 is 1.89 bits per heavy atom. The summed E-state index contributed by atoms with van der Waals surface area (Å²) < 4.78 is 1.90. The molecule has 1 heterocycles. The van der Waals surface area contributed by atoms with Crippen LogP contribution in [0.25, 0.3) is 5.69 Å². The summed E-state index contributed by atoms with van der Waals surface area (Å²) in [5.74, 6) is 0.131. The minimum absolute atomic E-state index is 0.0304. The summed E-state index contributed by atoms with van der Waals surface area (Å²) in [7, 11) is 0. The highest BCUT2D eigenvalue weighted by Crippen LogP contribution is 2.42. The van der Waals surface area contributed by atoms with E-state index in [1.807, 2.05) is 35.9 Å². The van der Waals surface area contributed by atoms with Gasteiger partial charge in [0.1, 0.15) is 0 Å². The predicted molar refractivity (Wildman–Crippen MR) is 105 cm³/mol. The molecule has 27 heavy (non-hydrogen) atoms. The molecule has 0 bridgehead atoms. The van der Waals surface area contributed by atoms with Gasteiger partial charge in [0, 0.05) is 17.2 Å². The summed E-state index contributed by atoms with van der Waals surface area (Å²) in [6.45, 7) is 3.55. The number of rotatable bonds is 5. The van der Waals surface area contributed by atoms with E-state index in [0.717, 1.165) is 29.8 Å². The zero-order chi connectivity index (χ0) is 19.0. The summed E-state index contributed by atoms with van der Waals surface area (Å²) >= 11 is 0. The smallest absolute Gasteiger partial charge is 0.259 e. The van der Waals surface area contributed by atoms with Crippen LogP contribution in [0.3, 0.4) is 0 Å². The normalized spacial score (nSPS) is 13.4. The first-order valence-electron chi connectivity index (χ1n) is 9.11. The molecule has 0 atom stereocenters. The zero-order valence-electron chi connectivity index (χ0n) is 15.4. The maximum atomic E-state index is 12.9. The molecule has 0 radical (unpaired) electrons. The van der Waals surface area contributed by atoms with Crippen LogP contribution in [0.15, 0.2) is 54.7 Å². The average molecular weight is 359 g/mol. The van der Waals surface area contributed by atoms with Crippen molar-refractivity contribution in [1.82, 2.24) is 9.78 Å². The van der Waals surface area contributed by atoms with Gasteiger partial charge in [-0.15, -0.1) is 0 Å². The van der Waals surface area contributed by atoms with Gasteiger partial charge >= 0.3 is 0 Å². The number of carbonyl (C=O) groups excluding carboxylic acids is 2. The molecular weight excluding hydrogens is 338 g/mol. The number of nitrogens with zero attached hydrogens (tertiary/aromatic N) is 2. The summed E-state index contributed by atoms with van der Waals surface area (Å²) in [4.78, 5) is 24.5. The van der Waals surface area contributed by atoms with Crippen molar-refractivity contribution < 1.29 is 9.59 Å². The lowest BCUT2D eigenvalue weighted by molar-refractivity contribution is 0.101. The van der Waals surface area contributed by atoms with Crippen LogP contribution in [-0.4, -0.2) is 21.5 Å². The van der Waals surface area contributed by atoms with E-state index < -0.39 is 0 Å². The molecule has 1 fully saturated rings. The average Bonchev–Trinajstić information content (AvgIpc) is 3.40. The number of benzene rings is 2. The first-order valence-corrected chi connectivity index (χ1v) is 9.11. The van der Waals surface area contributed by atoms with E-state index >= 15 is 0 Å². The number of aromatic nitrogens is 2. The van der Waals surface area contributed by atoms with Crippen molar-refractivity contribution in [3.63, 3.8) is 0 Å². The van der Waals surface area contributed by atoms with Crippen LogP contribution in [0, 0.1) is 6.92 Å². The van der Waals surface area contributed by atoms with E-state index in [4.69, 9.17) is 0 Å². The van der Waals surface area contributed by atoms with Gasteiger partial charge in [-0.3, -0.25) is 9.59 Å². The number of ketones is 1. The molecule has 0 spiro atoms. The lowest BCUT2D eigenvalue weighted by atomic mass is 10.1. The molecule has 5 nitrogen and oxygen atoms in total. The van der Waals surface area contributed by atoms with Crippen LogP contribution < -0.4 is 5.32 Å². The number of nitrogens with one attached hydrogen (secondary N) is 1. The van der Waals surface area contributed by atoms with Gasteiger partial charge in [-0.2, -0.15) is 5.10 Å². The van der Waals surface area contributed by atoms with Gasteiger partial charge in [-0.05, 0) is 50.5 Å². The van der Waals surface area contributed by atoms with E-state index in [1.54, 1.807) is 30.5 Å². The maximum Gasteiger partial charge on any atom is 0.259 e. The standard InChI is InChI=1S/C22H21N3O2/c1-14-6-3-4-9-20(14)25-21(16-10-11-16)19(13-23-25)22(27)24-18-8-5-7-17(12-18)15(2)26/h3-9,12-13,16H,10-11H2,1-2H3,(H,24,27). The number of anilines is 1. The lowest BCUT2D eigenvalue weighted by Gasteiger charge is -2.11. The highest BCUT2D eigenvalue weighted by molar-refractivity contribution is 6.06. The summed E-state index contributed by atoms with van der Waals surface area (Å²) in [5, 5.41) is 7.43. The van der Waals surface area contributed by atoms with Crippen molar-refractivity contribution in [2.75, 3.05) is 5.32 Å². The Morgan fingerprint density at radius 3 is 2.59 bits per heavy atom. The SMILES string of the molecule is CC(=O)c1cccc(NC(=O)c2cnn(-c3ccccc3C)c2C2CC2)c1. The molecule has 0 saturated heterocycles. The van der Waals surface area contributed by atoms with E-state index in [1.165, 1.54) is 6.92 Å². The fraction of sp³-hybridized carbons (Fsp3) is 0.227. The predicted octanol–water partition coefficient (Wildman–Crippen LogP) is 4.51. The van der Waals surface area contributed by atoms with Crippen molar-refractivity contribution >= 4 is 17.4 Å². The molecule has 1 amide bonds. The van der Waals surface area contributed by atoms with Crippen LogP contribution in [0.2, 0.25) is 0 Å². The Morgan fingerprint density at radius 1 is 1.11 bits per heavy atom. The fourth-order valence-electron chi connectivity index (χ4n) is 3.29. The topological polar surface area (TPSA) is 64.0 Å². The third-order valence-electron chi connectivity index (χ3n) is 4.89. The Bertz CT molecular complexity index is 1030. The fourth-order valence-corrected chi connectivity index (χ4v) is 3.29. The molecule has 1 aliphatic rings. The number of carbonyl (C=O) groups is 2. The summed E-state index contributed by atoms with van der Waals surface area (Å²) in [6.07, 6.45) is 3.78. The number of amides is 1. The second-order valence-corrected chi connectivity index (χ2v) is 7.01. The first kappa shape index (κ1) is 17.2. The molecule has 0 unspecified atom stereocenters. The van der Waals surface area contributed by atoms with Crippen molar-refractivity contribution in [2.45, 2.75) is 32.6 Å². The van der Waals surface area contributed by atoms with Gasteiger partial charge in [0.15, 0.2) is 5.78 Å². The molecule has 4 rings (SSSR count). The van der Waals surface area contributed by atoms with Crippen molar-refractivity contribution in [2.24, 2.45) is 0 Å². The number of hydrogen-bond acceptors (Lipinski definition) is 3. The number of para-hydroxylation sites is 1. The Kier molecular flexibility index (Phi) is 4.36. The molecule has 136 valence electrons. The van der Waals surface area contributed by atoms with Gasteiger partial charge in [0.05, 0.1) is 23.1 Å². The largest absolute Gasteiger partial charge is 0.322 e. The van der Waals surface area contributed by atoms with Crippen LogP contribution in [0.1, 0.15) is 57.7 Å².